The molecule has 0 saturated carbocycles. The third-order valence-corrected chi connectivity index (χ3v) is 2.18. The summed E-state index contributed by atoms with van der Waals surface area (Å²) in [7, 11) is 0. The van der Waals surface area contributed by atoms with Gasteiger partial charge in [0.25, 0.3) is 0 Å². The van der Waals surface area contributed by atoms with Crippen LogP contribution in [-0.4, -0.2) is 17.1 Å². The highest BCUT2D eigenvalue weighted by atomic mass is 19.4. The van der Waals surface area contributed by atoms with Crippen molar-refractivity contribution in [3.63, 3.8) is 0 Å². The molecule has 1 N–H and O–H groups in total. The Morgan fingerprint density at radius 1 is 1.24 bits per heavy atom. The van der Waals surface area contributed by atoms with E-state index in [1.165, 1.54) is 6.20 Å². The lowest BCUT2D eigenvalue weighted by molar-refractivity contribution is -0.141. The molecule has 0 atom stereocenters. The fourth-order valence-electron chi connectivity index (χ4n) is 1.37. The van der Waals surface area contributed by atoms with Crippen molar-refractivity contribution >= 4 is 0 Å². The van der Waals surface area contributed by atoms with E-state index in [1.807, 2.05) is 20.8 Å². The maximum absolute atomic E-state index is 12.4. The topological polar surface area (TPSA) is 24.9 Å². The van der Waals surface area contributed by atoms with E-state index in [9.17, 15) is 13.2 Å². The Labute approximate surface area is 99.3 Å². The van der Waals surface area contributed by atoms with Gasteiger partial charge in [-0.15, -0.1) is 0 Å². The first-order chi connectivity index (χ1) is 7.68. The largest absolute Gasteiger partial charge is 0.433 e. The SMILES string of the molecule is CC(C)(C)NCCc1ccnc(C(F)(F)F)c1. The van der Waals surface area contributed by atoms with Gasteiger partial charge in [0.1, 0.15) is 5.69 Å². The predicted octanol–water partition coefficient (Wildman–Crippen LogP) is 3.03. The van der Waals surface area contributed by atoms with Crippen LogP contribution in [0.15, 0.2) is 18.3 Å². The van der Waals surface area contributed by atoms with Gasteiger partial charge in [0.2, 0.25) is 0 Å². The van der Waals surface area contributed by atoms with Crippen molar-refractivity contribution in [2.24, 2.45) is 0 Å². The van der Waals surface area contributed by atoms with Gasteiger partial charge in [-0.25, -0.2) is 0 Å². The number of rotatable bonds is 3. The minimum absolute atomic E-state index is 0.0279. The van der Waals surface area contributed by atoms with Gasteiger partial charge in [0.15, 0.2) is 0 Å². The first kappa shape index (κ1) is 14.0. The van der Waals surface area contributed by atoms with Crippen molar-refractivity contribution in [2.45, 2.75) is 38.9 Å². The molecule has 96 valence electrons. The second-order valence-electron chi connectivity index (χ2n) is 4.97. The summed E-state index contributed by atoms with van der Waals surface area (Å²) in [6.45, 7) is 6.69. The molecule has 0 aliphatic rings. The zero-order chi connectivity index (χ0) is 13.1. The molecule has 1 heterocycles. The van der Waals surface area contributed by atoms with Crippen molar-refractivity contribution in [3.05, 3.63) is 29.6 Å². The molecule has 0 radical (unpaired) electrons. The van der Waals surface area contributed by atoms with Crippen LogP contribution in [0.25, 0.3) is 0 Å². The van der Waals surface area contributed by atoms with E-state index in [1.54, 1.807) is 6.07 Å². The molecule has 0 spiro atoms. The number of nitrogens with zero attached hydrogens (tertiary/aromatic N) is 1. The maximum atomic E-state index is 12.4. The Bertz CT molecular complexity index is 367. The molecule has 0 aromatic carbocycles. The standard InChI is InChI=1S/C12H17F3N2/c1-11(2,3)17-7-5-9-4-6-16-10(8-9)12(13,14)15/h4,6,8,17H,5,7H2,1-3H3. The van der Waals surface area contributed by atoms with Gasteiger partial charge in [0, 0.05) is 11.7 Å². The fraction of sp³-hybridized carbons (Fsp3) is 0.583. The lowest BCUT2D eigenvalue weighted by atomic mass is 10.1. The molecule has 17 heavy (non-hydrogen) atoms. The van der Waals surface area contributed by atoms with E-state index >= 15 is 0 Å². The molecule has 0 aliphatic heterocycles. The molecule has 5 heteroatoms. The molecule has 1 aromatic heterocycles. The molecular formula is C12H17F3N2. The third-order valence-electron chi connectivity index (χ3n) is 2.18. The average Bonchev–Trinajstić information content (AvgIpc) is 2.15. The third kappa shape index (κ3) is 5.17. The Morgan fingerprint density at radius 2 is 1.88 bits per heavy atom. The average molecular weight is 246 g/mol. The molecule has 1 aromatic rings. The molecule has 0 fully saturated rings. The fourth-order valence-corrected chi connectivity index (χ4v) is 1.37. The van der Waals surface area contributed by atoms with Crippen LogP contribution >= 0.6 is 0 Å². The number of alkyl halides is 3. The van der Waals surface area contributed by atoms with Gasteiger partial charge in [-0.1, -0.05) is 0 Å². The van der Waals surface area contributed by atoms with E-state index < -0.39 is 11.9 Å². The highest BCUT2D eigenvalue weighted by molar-refractivity contribution is 5.18. The molecule has 1 rings (SSSR count). The summed E-state index contributed by atoms with van der Waals surface area (Å²) in [5.74, 6) is 0. The second-order valence-corrected chi connectivity index (χ2v) is 4.97. The normalized spacial score (nSPS) is 12.8. The van der Waals surface area contributed by atoms with E-state index in [-0.39, 0.29) is 5.54 Å². The monoisotopic (exact) mass is 246 g/mol. The predicted molar refractivity (Wildman–Crippen MR) is 60.7 cm³/mol. The van der Waals surface area contributed by atoms with Gasteiger partial charge in [-0.05, 0) is 51.4 Å². The van der Waals surface area contributed by atoms with E-state index in [0.29, 0.717) is 18.5 Å². The Hall–Kier alpha value is -1.10. The summed E-state index contributed by atoms with van der Waals surface area (Å²) in [4.78, 5) is 3.32. The minimum Gasteiger partial charge on any atom is -0.312 e. The molecule has 2 nitrogen and oxygen atoms in total. The smallest absolute Gasteiger partial charge is 0.312 e. The lowest BCUT2D eigenvalue weighted by Gasteiger charge is -2.20. The second kappa shape index (κ2) is 5.04. The first-order valence-corrected chi connectivity index (χ1v) is 5.46. The highest BCUT2D eigenvalue weighted by Crippen LogP contribution is 2.27. The minimum atomic E-state index is -4.37. The summed E-state index contributed by atoms with van der Waals surface area (Å²) in [6.07, 6.45) is -2.61. The highest BCUT2D eigenvalue weighted by Gasteiger charge is 2.32. The molecular weight excluding hydrogens is 229 g/mol. The van der Waals surface area contributed by atoms with Crippen molar-refractivity contribution < 1.29 is 13.2 Å². The number of pyridine rings is 1. The van der Waals surface area contributed by atoms with Crippen LogP contribution in [0.5, 0.6) is 0 Å². The quantitative estimate of drug-likeness (QED) is 0.886. The number of aromatic nitrogens is 1. The van der Waals surface area contributed by atoms with Crippen LogP contribution in [0.2, 0.25) is 0 Å². The molecule has 0 amide bonds. The van der Waals surface area contributed by atoms with Crippen LogP contribution in [0.3, 0.4) is 0 Å². The van der Waals surface area contributed by atoms with Crippen molar-refractivity contribution in [2.75, 3.05) is 6.54 Å². The van der Waals surface area contributed by atoms with Crippen LogP contribution < -0.4 is 5.32 Å². The van der Waals surface area contributed by atoms with E-state index in [0.717, 1.165) is 6.07 Å². The summed E-state index contributed by atoms with van der Waals surface area (Å²) in [6, 6.07) is 2.71. The van der Waals surface area contributed by atoms with Crippen LogP contribution in [0, 0.1) is 0 Å². The number of halogens is 3. The molecule has 0 unspecified atom stereocenters. The van der Waals surface area contributed by atoms with Gasteiger partial charge < -0.3 is 5.32 Å². The molecule has 0 bridgehead atoms. The van der Waals surface area contributed by atoms with Gasteiger partial charge in [-0.3, -0.25) is 4.98 Å². The van der Waals surface area contributed by atoms with Crippen molar-refractivity contribution in [3.8, 4) is 0 Å². The molecule has 0 aliphatic carbocycles. The first-order valence-electron chi connectivity index (χ1n) is 5.46. The van der Waals surface area contributed by atoms with Crippen molar-refractivity contribution in [1.82, 2.24) is 10.3 Å². The Kier molecular flexibility index (Phi) is 4.14. The summed E-state index contributed by atoms with van der Waals surface area (Å²) < 4.78 is 37.2. The van der Waals surface area contributed by atoms with Crippen LogP contribution in [0.1, 0.15) is 32.0 Å². The zero-order valence-electron chi connectivity index (χ0n) is 10.2. The van der Waals surface area contributed by atoms with Gasteiger partial charge in [0.05, 0.1) is 0 Å². The molecule has 0 saturated heterocycles. The van der Waals surface area contributed by atoms with E-state index in [4.69, 9.17) is 0 Å². The zero-order valence-corrected chi connectivity index (χ0v) is 10.2. The number of hydrogen-bond donors (Lipinski definition) is 1. The van der Waals surface area contributed by atoms with Gasteiger partial charge >= 0.3 is 6.18 Å². The Balaban J connectivity index is 2.61. The maximum Gasteiger partial charge on any atom is 0.433 e. The number of hydrogen-bond acceptors (Lipinski definition) is 2. The van der Waals surface area contributed by atoms with E-state index in [2.05, 4.69) is 10.3 Å². The van der Waals surface area contributed by atoms with Crippen LogP contribution in [-0.2, 0) is 12.6 Å². The number of nitrogens with one attached hydrogen (secondary N) is 1. The lowest BCUT2D eigenvalue weighted by Crippen LogP contribution is -2.37. The Morgan fingerprint density at radius 3 is 2.41 bits per heavy atom. The summed E-state index contributed by atoms with van der Waals surface area (Å²) in [5.41, 5.74) is -0.213. The van der Waals surface area contributed by atoms with Gasteiger partial charge in [-0.2, -0.15) is 13.2 Å². The summed E-state index contributed by atoms with van der Waals surface area (Å²) >= 11 is 0. The summed E-state index contributed by atoms with van der Waals surface area (Å²) in [5, 5.41) is 3.23. The van der Waals surface area contributed by atoms with Crippen molar-refractivity contribution in [1.29, 1.82) is 0 Å². The van der Waals surface area contributed by atoms with Crippen LogP contribution in [0.4, 0.5) is 13.2 Å².